The van der Waals surface area contributed by atoms with Crippen molar-refractivity contribution in [1.82, 2.24) is 4.31 Å². The van der Waals surface area contributed by atoms with Crippen LogP contribution >= 0.6 is 0 Å². The molecule has 94 valence electrons. The molecule has 0 aliphatic carbocycles. The molecule has 2 fully saturated rings. The predicted molar refractivity (Wildman–Crippen MR) is 62.7 cm³/mol. The average molecular weight is 247 g/mol. The Morgan fingerprint density at radius 3 is 2.31 bits per heavy atom. The van der Waals surface area contributed by atoms with E-state index in [1.807, 2.05) is 0 Å². The van der Waals surface area contributed by atoms with Crippen LogP contribution in [0, 0.1) is 11.3 Å². The maximum absolute atomic E-state index is 12.1. The molecule has 0 bridgehead atoms. The monoisotopic (exact) mass is 247 g/mol. The summed E-state index contributed by atoms with van der Waals surface area (Å²) in [5.74, 6) is 0.490. The molecule has 0 aromatic heterocycles. The van der Waals surface area contributed by atoms with E-state index in [9.17, 15) is 8.42 Å². The molecular formula is C11H21NO3S. The molecule has 2 aliphatic heterocycles. The average Bonchev–Trinajstić information content (AvgIpc) is 2.47. The van der Waals surface area contributed by atoms with Crippen molar-refractivity contribution in [3.8, 4) is 0 Å². The van der Waals surface area contributed by atoms with Gasteiger partial charge in [0, 0.05) is 19.7 Å². The van der Waals surface area contributed by atoms with Crippen LogP contribution in [0.25, 0.3) is 0 Å². The lowest BCUT2D eigenvalue weighted by Crippen LogP contribution is -2.56. The van der Waals surface area contributed by atoms with Gasteiger partial charge in [-0.25, -0.2) is 12.7 Å². The van der Waals surface area contributed by atoms with Gasteiger partial charge < -0.3 is 4.74 Å². The lowest BCUT2D eigenvalue weighted by molar-refractivity contribution is 0.0873. The summed E-state index contributed by atoms with van der Waals surface area (Å²) in [5.41, 5.74) is 0.207. The molecule has 2 rings (SSSR count). The van der Waals surface area contributed by atoms with Gasteiger partial charge in [-0.1, -0.05) is 20.8 Å². The number of hydrogen-bond acceptors (Lipinski definition) is 3. The van der Waals surface area contributed by atoms with E-state index in [1.165, 1.54) is 0 Å². The number of ether oxygens (including phenoxy) is 1. The first-order valence-corrected chi connectivity index (χ1v) is 7.39. The minimum atomic E-state index is -3.09. The van der Waals surface area contributed by atoms with Gasteiger partial charge in [0.15, 0.2) is 0 Å². The predicted octanol–water partition coefficient (Wildman–Crippen LogP) is 1.08. The van der Waals surface area contributed by atoms with Crippen LogP contribution in [-0.4, -0.2) is 44.3 Å². The van der Waals surface area contributed by atoms with E-state index in [1.54, 1.807) is 4.31 Å². The first-order chi connectivity index (χ1) is 7.32. The van der Waals surface area contributed by atoms with Gasteiger partial charge in [0.2, 0.25) is 10.0 Å². The van der Waals surface area contributed by atoms with Crippen molar-refractivity contribution < 1.29 is 13.2 Å². The third-order valence-electron chi connectivity index (χ3n) is 3.74. The molecule has 0 aromatic carbocycles. The quantitative estimate of drug-likeness (QED) is 0.733. The van der Waals surface area contributed by atoms with Gasteiger partial charge in [-0.05, 0) is 17.8 Å². The van der Waals surface area contributed by atoms with Gasteiger partial charge in [-0.3, -0.25) is 0 Å². The van der Waals surface area contributed by atoms with Crippen molar-refractivity contribution in [2.45, 2.75) is 32.4 Å². The first-order valence-electron chi connectivity index (χ1n) is 5.88. The maximum Gasteiger partial charge on any atom is 0.219 e. The van der Waals surface area contributed by atoms with Crippen LogP contribution in [-0.2, 0) is 14.8 Å². The molecule has 5 heteroatoms. The highest BCUT2D eigenvalue weighted by Gasteiger charge is 2.45. The zero-order valence-corrected chi connectivity index (χ0v) is 11.1. The highest BCUT2D eigenvalue weighted by Crippen LogP contribution is 2.36. The lowest BCUT2D eigenvalue weighted by atomic mass is 9.77. The Morgan fingerprint density at radius 1 is 1.25 bits per heavy atom. The van der Waals surface area contributed by atoms with Crippen molar-refractivity contribution in [2.24, 2.45) is 11.3 Å². The molecule has 16 heavy (non-hydrogen) atoms. The molecule has 2 saturated heterocycles. The van der Waals surface area contributed by atoms with Crippen molar-refractivity contribution in [3.05, 3.63) is 0 Å². The number of hydrogen-bond donors (Lipinski definition) is 0. The Kier molecular flexibility index (Phi) is 3.05. The molecule has 1 unspecified atom stereocenters. The van der Waals surface area contributed by atoms with Gasteiger partial charge in [0.25, 0.3) is 0 Å². The van der Waals surface area contributed by atoms with Crippen molar-refractivity contribution in [2.75, 3.05) is 26.3 Å². The molecule has 0 aromatic rings. The summed E-state index contributed by atoms with van der Waals surface area (Å²) in [6.07, 6.45) is 0.652. The zero-order chi connectivity index (χ0) is 12.0. The Morgan fingerprint density at radius 2 is 1.88 bits per heavy atom. The van der Waals surface area contributed by atoms with Gasteiger partial charge in [-0.2, -0.15) is 0 Å². The van der Waals surface area contributed by atoms with E-state index in [0.717, 1.165) is 0 Å². The Bertz CT molecular complexity index is 346. The van der Waals surface area contributed by atoms with Crippen LogP contribution in [0.2, 0.25) is 0 Å². The van der Waals surface area contributed by atoms with Gasteiger partial charge in [0.1, 0.15) is 5.25 Å². The SMILES string of the molecule is CC(C)(C)C1CN(S(=O)(=O)C2CCOC2)C1. The lowest BCUT2D eigenvalue weighted by Gasteiger charge is -2.46. The zero-order valence-electron chi connectivity index (χ0n) is 10.3. The van der Waals surface area contributed by atoms with Crippen LogP contribution in [0.3, 0.4) is 0 Å². The molecule has 2 heterocycles. The van der Waals surface area contributed by atoms with Crippen LogP contribution in [0.1, 0.15) is 27.2 Å². The van der Waals surface area contributed by atoms with Crippen molar-refractivity contribution >= 4 is 10.0 Å². The Hall–Kier alpha value is -0.130. The van der Waals surface area contributed by atoms with E-state index in [0.29, 0.717) is 38.6 Å². The summed E-state index contributed by atoms with van der Waals surface area (Å²) in [7, 11) is -3.09. The molecule has 0 N–H and O–H groups in total. The Labute approximate surface area is 98.0 Å². The van der Waals surface area contributed by atoms with Crippen LogP contribution in [0.5, 0.6) is 0 Å². The molecule has 0 amide bonds. The highest BCUT2D eigenvalue weighted by atomic mass is 32.2. The fraction of sp³-hybridized carbons (Fsp3) is 1.00. The number of rotatable bonds is 2. The summed E-state index contributed by atoms with van der Waals surface area (Å²) in [4.78, 5) is 0. The molecule has 0 saturated carbocycles. The molecule has 2 aliphatic rings. The van der Waals surface area contributed by atoms with Gasteiger partial charge in [-0.15, -0.1) is 0 Å². The molecule has 0 spiro atoms. The van der Waals surface area contributed by atoms with E-state index >= 15 is 0 Å². The largest absolute Gasteiger partial charge is 0.380 e. The third-order valence-corrected chi connectivity index (χ3v) is 5.97. The van der Waals surface area contributed by atoms with E-state index in [-0.39, 0.29) is 10.7 Å². The van der Waals surface area contributed by atoms with E-state index in [2.05, 4.69) is 20.8 Å². The van der Waals surface area contributed by atoms with E-state index in [4.69, 9.17) is 4.74 Å². The van der Waals surface area contributed by atoms with Crippen LogP contribution < -0.4 is 0 Å². The summed E-state index contributed by atoms with van der Waals surface area (Å²) < 4.78 is 31.0. The van der Waals surface area contributed by atoms with Crippen LogP contribution in [0.15, 0.2) is 0 Å². The molecule has 1 atom stereocenters. The second-order valence-electron chi connectivity index (χ2n) is 5.91. The summed E-state index contributed by atoms with van der Waals surface area (Å²) in [6, 6.07) is 0. The summed E-state index contributed by atoms with van der Waals surface area (Å²) in [5, 5.41) is -0.298. The fourth-order valence-electron chi connectivity index (χ4n) is 2.15. The molecule has 0 radical (unpaired) electrons. The first kappa shape index (κ1) is 12.3. The smallest absolute Gasteiger partial charge is 0.219 e. The maximum atomic E-state index is 12.1. The van der Waals surface area contributed by atoms with E-state index < -0.39 is 10.0 Å². The minimum Gasteiger partial charge on any atom is -0.380 e. The van der Waals surface area contributed by atoms with Crippen molar-refractivity contribution in [1.29, 1.82) is 0 Å². The number of nitrogens with zero attached hydrogens (tertiary/aromatic N) is 1. The normalized spacial score (nSPS) is 29.3. The topological polar surface area (TPSA) is 46.6 Å². The van der Waals surface area contributed by atoms with Crippen LogP contribution in [0.4, 0.5) is 0 Å². The minimum absolute atomic E-state index is 0.207. The summed E-state index contributed by atoms with van der Waals surface area (Å²) in [6.45, 7) is 8.82. The number of sulfonamides is 1. The third kappa shape index (κ3) is 2.13. The van der Waals surface area contributed by atoms with Gasteiger partial charge >= 0.3 is 0 Å². The highest BCUT2D eigenvalue weighted by molar-refractivity contribution is 7.89. The Balaban J connectivity index is 1.96. The van der Waals surface area contributed by atoms with Crippen molar-refractivity contribution in [3.63, 3.8) is 0 Å². The second-order valence-corrected chi connectivity index (χ2v) is 8.12. The molecular weight excluding hydrogens is 226 g/mol. The summed E-state index contributed by atoms with van der Waals surface area (Å²) >= 11 is 0. The van der Waals surface area contributed by atoms with Gasteiger partial charge in [0.05, 0.1) is 6.61 Å². The standard InChI is InChI=1S/C11H21NO3S/c1-11(2,3)9-6-12(7-9)16(13,14)10-4-5-15-8-10/h9-10H,4-8H2,1-3H3. The fourth-order valence-corrected chi connectivity index (χ4v) is 4.01. The second kappa shape index (κ2) is 3.96. The molecule has 4 nitrogen and oxygen atoms in total.